The molecule has 0 aliphatic rings. The van der Waals surface area contributed by atoms with E-state index >= 15 is 8.78 Å². The lowest BCUT2D eigenvalue weighted by atomic mass is 10.0. The Bertz CT molecular complexity index is 801. The molecule has 1 atom stereocenters. The first-order chi connectivity index (χ1) is 11.7. The van der Waals surface area contributed by atoms with Crippen molar-refractivity contribution in [3.05, 3.63) is 45.9 Å². The largest absolute Gasteiger partial charge is 0.404 e. The lowest BCUT2D eigenvalue weighted by Gasteiger charge is -2.27. The third-order valence-electron chi connectivity index (χ3n) is 3.70. The van der Waals surface area contributed by atoms with E-state index in [1.165, 1.54) is 26.0 Å². The van der Waals surface area contributed by atoms with E-state index < -0.39 is 24.9 Å². The molecule has 0 amide bonds. The first-order valence-electron chi connectivity index (χ1n) is 7.85. The van der Waals surface area contributed by atoms with Gasteiger partial charge in [-0.15, -0.1) is 0 Å². The molecule has 0 saturated carbocycles. The number of hydrogen-bond donors (Lipinski definition) is 1. The molecule has 0 spiro atoms. The van der Waals surface area contributed by atoms with E-state index in [2.05, 4.69) is 15.9 Å². The van der Waals surface area contributed by atoms with Crippen molar-refractivity contribution in [3.63, 3.8) is 0 Å². The Morgan fingerprint density at radius 1 is 1.16 bits per heavy atom. The molecule has 0 aliphatic carbocycles. The topological polar surface area (TPSA) is 55.8 Å². The maximum atomic E-state index is 15.0. The molecule has 1 unspecified atom stereocenters. The van der Waals surface area contributed by atoms with Crippen molar-refractivity contribution in [3.8, 4) is 0 Å². The van der Waals surface area contributed by atoms with Gasteiger partial charge in [-0.2, -0.15) is 8.78 Å². The zero-order valence-corrected chi connectivity index (χ0v) is 16.6. The van der Waals surface area contributed by atoms with E-state index in [1.807, 2.05) is 0 Å². The van der Waals surface area contributed by atoms with E-state index in [-0.39, 0.29) is 17.7 Å². The predicted octanol–water partition coefficient (Wildman–Crippen LogP) is 5.97. The summed E-state index contributed by atoms with van der Waals surface area (Å²) in [5, 5.41) is 10.9. The third kappa shape index (κ3) is 3.96. The summed E-state index contributed by atoms with van der Waals surface area (Å²) in [5.74, 6) is 0. The highest BCUT2D eigenvalue weighted by atomic mass is 79.9. The van der Waals surface area contributed by atoms with Crippen molar-refractivity contribution in [1.82, 2.24) is 0 Å². The molecule has 1 N–H and O–H groups in total. The van der Waals surface area contributed by atoms with Gasteiger partial charge in [-0.1, -0.05) is 28.1 Å². The number of alkyl halides is 2. The molecule has 2 aromatic carbocycles. The number of aliphatic hydroxyl groups excluding tert-OH is 1. The Morgan fingerprint density at radius 2 is 1.76 bits per heavy atom. The molecule has 25 heavy (non-hydrogen) atoms. The molecular weight excluding hydrogens is 417 g/mol. The van der Waals surface area contributed by atoms with Gasteiger partial charge in [0.2, 0.25) is 0 Å². The first kappa shape index (κ1) is 20.5. The minimum atomic E-state index is -4.69. The van der Waals surface area contributed by atoms with Gasteiger partial charge in [-0.25, -0.2) is 0 Å². The Morgan fingerprint density at radius 3 is 2.28 bits per heavy atom. The summed E-state index contributed by atoms with van der Waals surface area (Å²) < 4.78 is 52.5. The second kappa shape index (κ2) is 7.80. The third-order valence-corrected chi connectivity index (χ3v) is 6.48. The van der Waals surface area contributed by atoms with Crippen LogP contribution in [0.3, 0.4) is 0 Å². The van der Waals surface area contributed by atoms with Gasteiger partial charge in [-0.05, 0) is 55.3 Å². The number of halogens is 3. The zero-order valence-electron chi connectivity index (χ0n) is 14.1. The van der Waals surface area contributed by atoms with Gasteiger partial charge in [0.15, 0.2) is 0 Å². The lowest BCUT2D eigenvalue weighted by Crippen LogP contribution is -2.19. The molecule has 0 saturated heterocycles. The second-order valence-electron chi connectivity index (χ2n) is 5.49. The molecule has 0 heterocycles. The van der Waals surface area contributed by atoms with Crippen LogP contribution in [0.25, 0.3) is 10.8 Å². The maximum Gasteiger partial charge on any atom is 0.404 e. The van der Waals surface area contributed by atoms with Crippen LogP contribution in [0.15, 0.2) is 34.8 Å². The SMILES string of the molecule is CCOP(=O)(OCC)C(F)(F)c1cc2cc(C(C)O)ccc2cc1Br. The maximum absolute atomic E-state index is 15.0. The summed E-state index contributed by atoms with van der Waals surface area (Å²) >= 11 is 3.13. The average molecular weight is 437 g/mol. The summed E-state index contributed by atoms with van der Waals surface area (Å²) in [7, 11) is -4.69. The highest BCUT2D eigenvalue weighted by Gasteiger charge is 2.55. The van der Waals surface area contributed by atoms with E-state index in [0.717, 1.165) is 0 Å². The highest BCUT2D eigenvalue weighted by Crippen LogP contribution is 2.67. The van der Waals surface area contributed by atoms with Crippen LogP contribution >= 0.6 is 23.5 Å². The van der Waals surface area contributed by atoms with E-state index in [1.54, 1.807) is 25.1 Å². The van der Waals surface area contributed by atoms with Gasteiger partial charge < -0.3 is 14.2 Å². The second-order valence-corrected chi connectivity index (χ2v) is 8.42. The normalized spacial score (nSPS) is 14.0. The van der Waals surface area contributed by atoms with Crippen LogP contribution in [0.2, 0.25) is 0 Å². The summed E-state index contributed by atoms with van der Waals surface area (Å²) in [4.78, 5) is 0. The van der Waals surface area contributed by atoms with Crippen LogP contribution in [0.5, 0.6) is 0 Å². The van der Waals surface area contributed by atoms with Crippen molar-refractivity contribution in [1.29, 1.82) is 0 Å². The molecule has 0 bridgehead atoms. The van der Waals surface area contributed by atoms with Crippen molar-refractivity contribution in [2.75, 3.05) is 13.2 Å². The highest BCUT2D eigenvalue weighted by molar-refractivity contribution is 9.10. The Labute approximate surface area is 153 Å². The minimum absolute atomic E-state index is 0.106. The Hall–Kier alpha value is -0.850. The molecule has 0 fully saturated rings. The number of hydrogen-bond acceptors (Lipinski definition) is 4. The number of aliphatic hydroxyl groups is 1. The number of rotatable bonds is 7. The van der Waals surface area contributed by atoms with Crippen LogP contribution in [0.4, 0.5) is 8.78 Å². The van der Waals surface area contributed by atoms with E-state index in [0.29, 0.717) is 16.3 Å². The fourth-order valence-electron chi connectivity index (χ4n) is 2.47. The molecule has 4 nitrogen and oxygen atoms in total. The number of benzene rings is 2. The molecule has 2 aromatic rings. The summed E-state index contributed by atoms with van der Waals surface area (Å²) in [6, 6.07) is 7.85. The molecular formula is C17H20BrF2O4P. The first-order valence-corrected chi connectivity index (χ1v) is 10.2. The monoisotopic (exact) mass is 436 g/mol. The van der Waals surface area contributed by atoms with Gasteiger partial charge in [0.1, 0.15) is 0 Å². The van der Waals surface area contributed by atoms with Crippen LogP contribution in [0.1, 0.15) is 38.0 Å². The van der Waals surface area contributed by atoms with Crippen molar-refractivity contribution < 1.29 is 27.5 Å². The van der Waals surface area contributed by atoms with Crippen molar-refractivity contribution >= 4 is 34.3 Å². The molecule has 2 rings (SSSR count). The van der Waals surface area contributed by atoms with Crippen LogP contribution < -0.4 is 0 Å². The minimum Gasteiger partial charge on any atom is -0.389 e. The Kier molecular flexibility index (Phi) is 6.39. The van der Waals surface area contributed by atoms with Gasteiger partial charge in [-0.3, -0.25) is 4.57 Å². The van der Waals surface area contributed by atoms with Gasteiger partial charge in [0.25, 0.3) is 0 Å². The summed E-state index contributed by atoms with van der Waals surface area (Å²) in [6.45, 7) is 4.22. The molecule has 138 valence electrons. The van der Waals surface area contributed by atoms with Crippen LogP contribution in [-0.4, -0.2) is 18.3 Å². The van der Waals surface area contributed by atoms with Crippen LogP contribution in [0, 0.1) is 0 Å². The average Bonchev–Trinajstić information content (AvgIpc) is 2.53. The Balaban J connectivity index is 2.64. The summed E-state index contributed by atoms with van der Waals surface area (Å²) in [6.07, 6.45) is -0.727. The van der Waals surface area contributed by atoms with Crippen molar-refractivity contribution in [2.45, 2.75) is 32.5 Å². The van der Waals surface area contributed by atoms with Gasteiger partial charge in [0, 0.05) is 10.0 Å². The predicted molar refractivity (Wildman–Crippen MR) is 97.0 cm³/mol. The van der Waals surface area contributed by atoms with Crippen molar-refractivity contribution in [2.24, 2.45) is 0 Å². The van der Waals surface area contributed by atoms with Gasteiger partial charge >= 0.3 is 13.3 Å². The van der Waals surface area contributed by atoms with E-state index in [4.69, 9.17) is 9.05 Å². The molecule has 0 aliphatic heterocycles. The standard InChI is InChI=1S/C17H20BrF2O4P/c1-4-23-25(22,24-5-2)17(19,20)15-9-14-8-12(11(3)21)6-7-13(14)10-16(15)18/h6-11,21H,4-5H2,1-3H3. The van der Waals surface area contributed by atoms with Gasteiger partial charge in [0.05, 0.1) is 19.3 Å². The fraction of sp³-hybridized carbons (Fsp3) is 0.412. The van der Waals surface area contributed by atoms with E-state index in [9.17, 15) is 9.67 Å². The quantitative estimate of drug-likeness (QED) is 0.543. The zero-order chi connectivity index (χ0) is 18.8. The van der Waals surface area contributed by atoms with Crippen LogP contribution in [-0.2, 0) is 19.3 Å². The molecule has 0 aromatic heterocycles. The fourth-order valence-corrected chi connectivity index (χ4v) is 4.79. The summed E-state index contributed by atoms with van der Waals surface area (Å²) in [5.41, 5.74) is -3.71. The lowest BCUT2D eigenvalue weighted by molar-refractivity contribution is 0.0356. The molecule has 0 radical (unpaired) electrons. The smallest absolute Gasteiger partial charge is 0.389 e. The molecule has 8 heteroatoms. The number of fused-ring (bicyclic) bond motifs is 1.